The summed E-state index contributed by atoms with van der Waals surface area (Å²) in [5, 5.41) is 7.97. The van der Waals surface area contributed by atoms with E-state index in [4.69, 9.17) is 0 Å². The van der Waals surface area contributed by atoms with E-state index in [0.29, 0.717) is 12.1 Å². The van der Waals surface area contributed by atoms with Crippen molar-refractivity contribution in [3.05, 3.63) is 12.2 Å². The third-order valence-corrected chi connectivity index (χ3v) is 3.40. The molecule has 1 heterocycles. The Morgan fingerprint density at radius 2 is 2.00 bits per heavy atom. The highest BCUT2D eigenvalue weighted by molar-refractivity contribution is 4.91. The molecule has 1 atom stereocenters. The largest absolute Gasteiger partial charge is 0.314 e. The molecule has 0 aliphatic carbocycles. The van der Waals surface area contributed by atoms with Crippen molar-refractivity contribution in [2.75, 3.05) is 6.54 Å². The summed E-state index contributed by atoms with van der Waals surface area (Å²) >= 11 is 0. The van der Waals surface area contributed by atoms with Crippen molar-refractivity contribution in [2.24, 2.45) is 0 Å². The van der Waals surface area contributed by atoms with Crippen LogP contribution in [0, 0.1) is 0 Å². The molecular formula is C15H30N4. The highest BCUT2D eigenvalue weighted by atomic mass is 15.3. The molecule has 4 heteroatoms. The van der Waals surface area contributed by atoms with Crippen LogP contribution < -0.4 is 5.32 Å². The Morgan fingerprint density at radius 1 is 1.21 bits per heavy atom. The predicted molar refractivity (Wildman–Crippen MR) is 80.3 cm³/mol. The molecule has 110 valence electrons. The maximum atomic E-state index is 4.43. The topological polar surface area (TPSA) is 42.7 Å². The molecule has 0 amide bonds. The number of nitrogens with zero attached hydrogens (tertiary/aromatic N) is 3. The summed E-state index contributed by atoms with van der Waals surface area (Å²) in [4.78, 5) is 4.43. The fraction of sp³-hybridized carbons (Fsp3) is 0.867. The zero-order valence-electron chi connectivity index (χ0n) is 13.0. The molecule has 0 spiro atoms. The summed E-state index contributed by atoms with van der Waals surface area (Å²) < 4.78 is 2.04. The van der Waals surface area contributed by atoms with Gasteiger partial charge in [-0.1, -0.05) is 33.1 Å². The highest BCUT2D eigenvalue weighted by Gasteiger charge is 2.14. The molecule has 0 saturated carbocycles. The molecule has 0 radical (unpaired) electrons. The summed E-state index contributed by atoms with van der Waals surface area (Å²) in [6, 6.07) is 0.924. The second-order valence-corrected chi connectivity index (χ2v) is 5.57. The lowest BCUT2D eigenvalue weighted by atomic mass is 10.0. The van der Waals surface area contributed by atoms with Gasteiger partial charge in [-0.25, -0.2) is 9.67 Å². The zero-order valence-corrected chi connectivity index (χ0v) is 13.0. The number of hydrogen-bond acceptors (Lipinski definition) is 3. The number of aromatic nitrogens is 3. The van der Waals surface area contributed by atoms with Gasteiger partial charge in [-0.05, 0) is 33.2 Å². The van der Waals surface area contributed by atoms with Crippen LogP contribution in [-0.4, -0.2) is 27.4 Å². The summed E-state index contributed by atoms with van der Waals surface area (Å²) in [7, 11) is 0. The molecule has 0 aliphatic heterocycles. The first-order valence-corrected chi connectivity index (χ1v) is 7.80. The maximum Gasteiger partial charge on any atom is 0.138 e. The molecule has 1 aromatic rings. The fourth-order valence-electron chi connectivity index (χ4n) is 2.34. The molecule has 0 fully saturated rings. The minimum absolute atomic E-state index is 0.389. The van der Waals surface area contributed by atoms with Crippen LogP contribution in [0.4, 0.5) is 0 Å². The van der Waals surface area contributed by atoms with E-state index < -0.39 is 0 Å². The van der Waals surface area contributed by atoms with Gasteiger partial charge in [0.1, 0.15) is 12.2 Å². The predicted octanol–water partition coefficient (Wildman–Crippen LogP) is 3.35. The molecular weight excluding hydrogens is 236 g/mol. The van der Waals surface area contributed by atoms with Crippen LogP contribution in [0.25, 0.3) is 0 Å². The summed E-state index contributed by atoms with van der Waals surface area (Å²) in [5.74, 6) is 1.11. The van der Waals surface area contributed by atoms with Gasteiger partial charge in [0.05, 0.1) is 0 Å². The zero-order chi connectivity index (χ0) is 14.1. The Morgan fingerprint density at radius 3 is 2.63 bits per heavy atom. The second kappa shape index (κ2) is 9.08. The Balaban J connectivity index is 2.56. The average molecular weight is 266 g/mol. The van der Waals surface area contributed by atoms with Gasteiger partial charge in [0.2, 0.25) is 0 Å². The van der Waals surface area contributed by atoms with Crippen LogP contribution in [0.3, 0.4) is 0 Å². The van der Waals surface area contributed by atoms with Gasteiger partial charge in [-0.3, -0.25) is 0 Å². The molecule has 1 rings (SSSR count). The number of hydrogen-bond donors (Lipinski definition) is 1. The van der Waals surface area contributed by atoms with E-state index in [9.17, 15) is 0 Å². The first-order chi connectivity index (χ1) is 9.19. The standard InChI is InChI=1S/C15H30N4/c1-5-7-8-9-14(16-10-6-2)11-15-17-12-18-19(15)13(3)4/h12-14,16H,5-11H2,1-4H3. The molecule has 0 aromatic carbocycles. The van der Waals surface area contributed by atoms with Crippen LogP contribution >= 0.6 is 0 Å². The Bertz CT molecular complexity index is 333. The molecule has 4 nitrogen and oxygen atoms in total. The van der Waals surface area contributed by atoms with Gasteiger partial charge in [-0.2, -0.15) is 5.10 Å². The molecule has 1 aromatic heterocycles. The molecule has 1 N–H and O–H groups in total. The van der Waals surface area contributed by atoms with Gasteiger partial charge in [0, 0.05) is 18.5 Å². The minimum atomic E-state index is 0.389. The van der Waals surface area contributed by atoms with E-state index >= 15 is 0 Å². The Kier molecular flexibility index (Phi) is 7.72. The van der Waals surface area contributed by atoms with Crippen molar-refractivity contribution < 1.29 is 0 Å². The van der Waals surface area contributed by atoms with Crippen molar-refractivity contribution in [1.29, 1.82) is 0 Å². The van der Waals surface area contributed by atoms with Gasteiger partial charge < -0.3 is 5.32 Å². The maximum absolute atomic E-state index is 4.43. The van der Waals surface area contributed by atoms with Gasteiger partial charge >= 0.3 is 0 Å². The van der Waals surface area contributed by atoms with Crippen molar-refractivity contribution >= 4 is 0 Å². The first-order valence-electron chi connectivity index (χ1n) is 7.80. The van der Waals surface area contributed by atoms with Crippen LogP contribution in [0.5, 0.6) is 0 Å². The lowest BCUT2D eigenvalue weighted by Crippen LogP contribution is -2.33. The van der Waals surface area contributed by atoms with Crippen molar-refractivity contribution in [1.82, 2.24) is 20.1 Å². The molecule has 1 unspecified atom stereocenters. The van der Waals surface area contributed by atoms with Gasteiger partial charge in [0.25, 0.3) is 0 Å². The SMILES string of the molecule is CCCCCC(Cc1ncnn1C(C)C)NCCC. The van der Waals surface area contributed by atoms with E-state index in [-0.39, 0.29) is 0 Å². The number of rotatable bonds is 10. The lowest BCUT2D eigenvalue weighted by molar-refractivity contribution is 0.425. The van der Waals surface area contributed by atoms with Crippen molar-refractivity contribution in [2.45, 2.75) is 78.3 Å². The van der Waals surface area contributed by atoms with Crippen LogP contribution in [0.15, 0.2) is 6.33 Å². The van der Waals surface area contributed by atoms with E-state index in [0.717, 1.165) is 18.8 Å². The van der Waals surface area contributed by atoms with Gasteiger partial charge in [0.15, 0.2) is 0 Å². The third kappa shape index (κ3) is 5.72. The molecule has 19 heavy (non-hydrogen) atoms. The second-order valence-electron chi connectivity index (χ2n) is 5.57. The van der Waals surface area contributed by atoms with Crippen molar-refractivity contribution in [3.8, 4) is 0 Å². The third-order valence-electron chi connectivity index (χ3n) is 3.40. The quantitative estimate of drug-likeness (QED) is 0.660. The van der Waals surface area contributed by atoms with Crippen molar-refractivity contribution in [3.63, 3.8) is 0 Å². The summed E-state index contributed by atoms with van der Waals surface area (Å²) in [5.41, 5.74) is 0. The van der Waals surface area contributed by atoms with E-state index in [1.807, 2.05) is 4.68 Å². The monoisotopic (exact) mass is 266 g/mol. The Labute approximate surface area is 118 Å². The molecule has 0 aliphatic rings. The number of nitrogens with one attached hydrogen (secondary N) is 1. The minimum Gasteiger partial charge on any atom is -0.314 e. The lowest BCUT2D eigenvalue weighted by Gasteiger charge is -2.19. The van der Waals surface area contributed by atoms with Crippen LogP contribution in [0.2, 0.25) is 0 Å². The average Bonchev–Trinajstić information content (AvgIpc) is 2.84. The van der Waals surface area contributed by atoms with Crippen LogP contribution in [0.1, 0.15) is 71.7 Å². The first kappa shape index (κ1) is 16.2. The summed E-state index contributed by atoms with van der Waals surface area (Å²) in [6.07, 6.45) is 8.98. The Hall–Kier alpha value is -0.900. The fourth-order valence-corrected chi connectivity index (χ4v) is 2.34. The number of unbranched alkanes of at least 4 members (excludes halogenated alkanes) is 2. The van der Waals surface area contributed by atoms with E-state index in [2.05, 4.69) is 43.1 Å². The van der Waals surface area contributed by atoms with E-state index in [1.165, 1.54) is 32.1 Å². The molecule has 0 bridgehead atoms. The smallest absolute Gasteiger partial charge is 0.138 e. The summed E-state index contributed by atoms with van der Waals surface area (Å²) in [6.45, 7) is 9.87. The van der Waals surface area contributed by atoms with E-state index in [1.54, 1.807) is 6.33 Å². The molecule has 0 saturated heterocycles. The van der Waals surface area contributed by atoms with Crippen LogP contribution in [-0.2, 0) is 6.42 Å². The highest BCUT2D eigenvalue weighted by Crippen LogP contribution is 2.11. The normalized spacial score (nSPS) is 13.1. The van der Waals surface area contributed by atoms with Gasteiger partial charge in [-0.15, -0.1) is 0 Å².